The number of fused-ring (bicyclic) bond motifs is 1. The lowest BCUT2D eigenvalue weighted by atomic mass is 10.0. The Hall–Kier alpha value is -0.970. The molecule has 0 spiro atoms. The van der Waals surface area contributed by atoms with Crippen molar-refractivity contribution in [2.45, 2.75) is 12.8 Å². The van der Waals surface area contributed by atoms with Crippen LogP contribution in [-0.2, 0) is 4.74 Å². The number of thiocarbonyl (C=S) groups is 1. The summed E-state index contributed by atoms with van der Waals surface area (Å²) in [4.78, 5) is 0.936. The van der Waals surface area contributed by atoms with Gasteiger partial charge in [-0.05, 0) is 11.6 Å². The lowest BCUT2D eigenvalue weighted by molar-refractivity contribution is 0.277. The molecule has 0 aliphatic carbocycles. The Kier molecular flexibility index (Phi) is 7.72. The number of methoxy groups -OCH3 is 1. The molecule has 90 valence electrons. The third-order valence-corrected chi connectivity index (χ3v) is 2.53. The van der Waals surface area contributed by atoms with Crippen LogP contribution in [0.25, 0.3) is 0 Å². The molecule has 1 aliphatic heterocycles. The Morgan fingerprint density at radius 3 is 2.25 bits per heavy atom. The molecule has 2 rings (SSSR count). The first-order chi connectivity index (χ1) is 7.70. The van der Waals surface area contributed by atoms with Gasteiger partial charge in [0.1, 0.15) is 0 Å². The van der Waals surface area contributed by atoms with Crippen LogP contribution in [0.5, 0.6) is 0 Å². The van der Waals surface area contributed by atoms with Crippen molar-refractivity contribution in [2.75, 3.05) is 26.6 Å². The van der Waals surface area contributed by atoms with Gasteiger partial charge in [-0.2, -0.15) is 0 Å². The molecule has 4 heteroatoms. The molecule has 0 saturated carbocycles. The standard InChI is InChI=1S/C9H9NS.C2H6O.CH4O/c1-6-7-4-2-3-5-8(7)10-9(6)11;1-3-2;1-2/h2-6H,1H3,(H,10,11);1-2H3;2H,1H3. The fraction of sp³-hybridized carbons (Fsp3) is 0.417. The van der Waals surface area contributed by atoms with E-state index >= 15 is 0 Å². The number of aliphatic hydroxyl groups is 1. The lowest BCUT2D eigenvalue weighted by Gasteiger charge is -1.99. The predicted molar refractivity (Wildman–Crippen MR) is 72.2 cm³/mol. The van der Waals surface area contributed by atoms with Crippen LogP contribution >= 0.6 is 12.2 Å². The number of aliphatic hydroxyl groups excluding tert-OH is 1. The number of nitrogens with one attached hydrogen (secondary N) is 1. The van der Waals surface area contributed by atoms with Crippen LogP contribution in [0.1, 0.15) is 18.4 Å². The van der Waals surface area contributed by atoms with E-state index < -0.39 is 0 Å². The Morgan fingerprint density at radius 2 is 1.75 bits per heavy atom. The van der Waals surface area contributed by atoms with Crippen molar-refractivity contribution in [2.24, 2.45) is 0 Å². The van der Waals surface area contributed by atoms with Gasteiger partial charge in [0, 0.05) is 32.9 Å². The summed E-state index contributed by atoms with van der Waals surface area (Å²) in [6, 6.07) is 8.24. The number of para-hydroxylation sites is 1. The van der Waals surface area contributed by atoms with Gasteiger partial charge >= 0.3 is 0 Å². The third kappa shape index (κ3) is 3.89. The number of rotatable bonds is 0. The molecule has 1 atom stereocenters. The van der Waals surface area contributed by atoms with Crippen molar-refractivity contribution >= 4 is 22.9 Å². The second kappa shape index (κ2) is 8.21. The lowest BCUT2D eigenvalue weighted by Crippen LogP contribution is -2.05. The number of hydrogen-bond donors (Lipinski definition) is 2. The van der Waals surface area contributed by atoms with E-state index in [9.17, 15) is 0 Å². The van der Waals surface area contributed by atoms with Crippen molar-refractivity contribution < 1.29 is 9.84 Å². The first-order valence-corrected chi connectivity index (χ1v) is 5.36. The maximum Gasteiger partial charge on any atom is 0.0871 e. The minimum absolute atomic E-state index is 0.390. The van der Waals surface area contributed by atoms with Gasteiger partial charge in [-0.3, -0.25) is 0 Å². The van der Waals surface area contributed by atoms with Crippen molar-refractivity contribution in [1.82, 2.24) is 0 Å². The number of benzene rings is 1. The van der Waals surface area contributed by atoms with E-state index in [2.05, 4.69) is 29.1 Å². The zero-order valence-corrected chi connectivity index (χ0v) is 11.0. The van der Waals surface area contributed by atoms with Crippen LogP contribution in [0.4, 0.5) is 5.69 Å². The predicted octanol–water partition coefficient (Wildman–Crippen LogP) is 2.41. The minimum atomic E-state index is 0.390. The van der Waals surface area contributed by atoms with E-state index in [0.29, 0.717) is 5.92 Å². The van der Waals surface area contributed by atoms with E-state index in [1.165, 1.54) is 11.3 Å². The van der Waals surface area contributed by atoms with Crippen LogP contribution in [0.15, 0.2) is 24.3 Å². The quantitative estimate of drug-likeness (QED) is 0.684. The van der Waals surface area contributed by atoms with E-state index in [-0.39, 0.29) is 0 Å². The van der Waals surface area contributed by atoms with Gasteiger partial charge in [0.05, 0.1) is 4.99 Å². The summed E-state index contributed by atoms with van der Waals surface area (Å²) in [5.41, 5.74) is 2.49. The molecule has 0 saturated heterocycles. The maximum absolute atomic E-state index is 7.00. The first kappa shape index (κ1) is 15.0. The molecule has 0 bridgehead atoms. The smallest absolute Gasteiger partial charge is 0.0871 e. The fourth-order valence-electron chi connectivity index (χ4n) is 1.37. The summed E-state index contributed by atoms with van der Waals surface area (Å²) in [6.07, 6.45) is 0. The molecule has 0 amide bonds. The molecular weight excluding hydrogens is 222 g/mol. The summed E-state index contributed by atoms with van der Waals surface area (Å²) in [5.74, 6) is 0.390. The summed E-state index contributed by atoms with van der Waals surface area (Å²) < 4.78 is 4.25. The van der Waals surface area contributed by atoms with Crippen molar-refractivity contribution in [3.63, 3.8) is 0 Å². The van der Waals surface area contributed by atoms with Crippen LogP contribution in [0.3, 0.4) is 0 Å². The summed E-state index contributed by atoms with van der Waals surface area (Å²) in [7, 11) is 4.25. The van der Waals surface area contributed by atoms with Gasteiger partial charge in [0.25, 0.3) is 0 Å². The van der Waals surface area contributed by atoms with Gasteiger partial charge in [-0.25, -0.2) is 0 Å². The maximum atomic E-state index is 7.00. The third-order valence-electron chi connectivity index (χ3n) is 2.08. The van der Waals surface area contributed by atoms with E-state index in [0.717, 1.165) is 12.1 Å². The molecule has 1 heterocycles. The average Bonchev–Trinajstić information content (AvgIpc) is 2.60. The highest BCUT2D eigenvalue weighted by molar-refractivity contribution is 7.80. The largest absolute Gasteiger partial charge is 0.400 e. The Labute approximate surface area is 102 Å². The summed E-state index contributed by atoms with van der Waals surface area (Å²) in [6.45, 7) is 2.13. The number of ether oxygens (including phenoxy) is 1. The van der Waals surface area contributed by atoms with Gasteiger partial charge in [-0.15, -0.1) is 0 Å². The zero-order valence-electron chi connectivity index (χ0n) is 10.2. The van der Waals surface area contributed by atoms with E-state index in [4.69, 9.17) is 17.3 Å². The van der Waals surface area contributed by atoms with Crippen molar-refractivity contribution in [3.05, 3.63) is 29.8 Å². The van der Waals surface area contributed by atoms with Crippen LogP contribution in [-0.4, -0.2) is 31.4 Å². The Morgan fingerprint density at radius 1 is 1.25 bits per heavy atom. The van der Waals surface area contributed by atoms with Gasteiger partial charge in [0.15, 0.2) is 0 Å². The summed E-state index contributed by atoms with van der Waals surface area (Å²) in [5, 5.41) is 10.2. The van der Waals surface area contributed by atoms with Crippen molar-refractivity contribution in [3.8, 4) is 0 Å². The van der Waals surface area contributed by atoms with Crippen molar-refractivity contribution in [1.29, 1.82) is 0 Å². The van der Waals surface area contributed by atoms with E-state index in [1.54, 1.807) is 14.2 Å². The summed E-state index contributed by atoms with van der Waals surface area (Å²) >= 11 is 5.14. The molecule has 1 aromatic carbocycles. The highest BCUT2D eigenvalue weighted by atomic mass is 32.1. The van der Waals surface area contributed by atoms with Crippen LogP contribution in [0, 0.1) is 0 Å². The van der Waals surface area contributed by atoms with E-state index in [1.807, 2.05) is 12.1 Å². The normalized spacial score (nSPS) is 16.1. The zero-order chi connectivity index (χ0) is 12.6. The molecule has 0 radical (unpaired) electrons. The topological polar surface area (TPSA) is 41.5 Å². The van der Waals surface area contributed by atoms with Crippen LogP contribution in [0.2, 0.25) is 0 Å². The average molecular weight is 241 g/mol. The molecule has 16 heavy (non-hydrogen) atoms. The molecule has 1 unspecified atom stereocenters. The van der Waals surface area contributed by atoms with Crippen LogP contribution < -0.4 is 5.32 Å². The molecule has 0 fully saturated rings. The second-order valence-electron chi connectivity index (χ2n) is 3.21. The first-order valence-electron chi connectivity index (χ1n) is 4.95. The Bertz CT molecular complexity index is 329. The highest BCUT2D eigenvalue weighted by Crippen LogP contribution is 2.31. The second-order valence-corrected chi connectivity index (χ2v) is 3.65. The monoisotopic (exact) mass is 241 g/mol. The number of hydrogen-bond acceptors (Lipinski definition) is 3. The van der Waals surface area contributed by atoms with Gasteiger partial charge < -0.3 is 15.2 Å². The molecule has 2 N–H and O–H groups in total. The molecule has 1 aliphatic rings. The minimum Gasteiger partial charge on any atom is -0.400 e. The molecule has 1 aromatic rings. The Balaban J connectivity index is 0.000000394. The highest BCUT2D eigenvalue weighted by Gasteiger charge is 2.21. The van der Waals surface area contributed by atoms with Gasteiger partial charge in [-0.1, -0.05) is 37.3 Å². The fourth-order valence-corrected chi connectivity index (χ4v) is 1.61. The van der Waals surface area contributed by atoms with Gasteiger partial charge in [0.2, 0.25) is 0 Å². The molecule has 3 nitrogen and oxygen atoms in total. The number of anilines is 1. The molecule has 0 aromatic heterocycles. The SMILES string of the molecule is CC1C(=S)Nc2ccccc21.CO.COC. The molecular formula is C12H19NO2S.